The number of hydrogen-bond acceptors (Lipinski definition) is 6. The van der Waals surface area contributed by atoms with Crippen LogP contribution in [-0.2, 0) is 19.7 Å². The van der Waals surface area contributed by atoms with Crippen molar-refractivity contribution in [2.75, 3.05) is 18.8 Å². The first-order chi connectivity index (χ1) is 12.9. The lowest BCUT2D eigenvalue weighted by atomic mass is 9.70. The number of carbonyl (C=O) groups excluding carboxylic acids is 2. The minimum atomic E-state index is -4.08. The van der Waals surface area contributed by atoms with Gasteiger partial charge in [0.05, 0.1) is 23.4 Å². The van der Waals surface area contributed by atoms with E-state index in [-0.39, 0.29) is 35.2 Å². The first-order valence-corrected chi connectivity index (χ1v) is 11.7. The molecule has 3 unspecified atom stereocenters. The van der Waals surface area contributed by atoms with E-state index in [0.29, 0.717) is 18.8 Å². The van der Waals surface area contributed by atoms with E-state index in [0.717, 1.165) is 19.5 Å². The van der Waals surface area contributed by atoms with E-state index in [2.05, 4.69) is 10.2 Å². The van der Waals surface area contributed by atoms with Crippen LogP contribution in [0.1, 0.15) is 52.9 Å². The highest BCUT2D eigenvalue weighted by molar-refractivity contribution is 7.85. The molecule has 5 aliphatic rings. The predicted octanol–water partition coefficient (Wildman–Crippen LogP) is 0.771. The molecule has 28 heavy (non-hydrogen) atoms. The first-order valence-electron chi connectivity index (χ1n) is 10.1. The second-order valence-corrected chi connectivity index (χ2v) is 10.9. The average Bonchev–Trinajstić information content (AvgIpc) is 2.91. The van der Waals surface area contributed by atoms with Crippen molar-refractivity contribution < 1.29 is 22.6 Å². The SMILES string of the molecule is CC(=O)NC1C2CCN(CC2)[C@@H]1N.CC1(C)C2CCC1(CS(=O)(=O)O)C(=O)C2. The topological polar surface area (TPSA) is 130 Å². The maximum Gasteiger partial charge on any atom is 0.265 e. The summed E-state index contributed by atoms with van der Waals surface area (Å²) in [4.78, 5) is 25.1. The molecular weight excluding hydrogens is 382 g/mol. The minimum Gasteiger partial charge on any atom is -0.350 e. The molecular formula is C19H33N3O5S. The second kappa shape index (κ2) is 7.34. The fraction of sp³-hybridized carbons (Fsp3) is 0.895. The van der Waals surface area contributed by atoms with E-state index in [4.69, 9.17) is 10.3 Å². The van der Waals surface area contributed by atoms with Crippen LogP contribution in [0.5, 0.6) is 0 Å². The number of fused-ring (bicyclic) bond motifs is 5. The summed E-state index contributed by atoms with van der Waals surface area (Å²) in [6.07, 6.45) is 4.37. The highest BCUT2D eigenvalue weighted by Crippen LogP contribution is 2.64. The van der Waals surface area contributed by atoms with E-state index < -0.39 is 21.3 Å². The van der Waals surface area contributed by atoms with E-state index in [1.807, 2.05) is 13.8 Å². The molecule has 0 spiro atoms. The van der Waals surface area contributed by atoms with E-state index >= 15 is 0 Å². The van der Waals surface area contributed by atoms with Crippen LogP contribution in [-0.4, -0.2) is 60.6 Å². The summed E-state index contributed by atoms with van der Waals surface area (Å²) < 4.78 is 31.0. The number of nitrogens with one attached hydrogen (secondary N) is 1. The maximum atomic E-state index is 11.9. The number of nitrogens with zero attached hydrogens (tertiary/aromatic N) is 1. The Morgan fingerprint density at radius 2 is 1.89 bits per heavy atom. The summed E-state index contributed by atoms with van der Waals surface area (Å²) in [5.74, 6) is 0.536. The van der Waals surface area contributed by atoms with Gasteiger partial charge < -0.3 is 11.1 Å². The lowest BCUT2D eigenvalue weighted by molar-refractivity contribution is -0.128. The minimum absolute atomic E-state index is 0.0152. The molecule has 4 atom stereocenters. The van der Waals surface area contributed by atoms with Gasteiger partial charge in [-0.1, -0.05) is 13.8 Å². The Kier molecular flexibility index (Phi) is 5.68. The Labute approximate surface area is 167 Å². The molecule has 9 heteroatoms. The molecule has 0 aromatic carbocycles. The Morgan fingerprint density at radius 3 is 2.29 bits per heavy atom. The van der Waals surface area contributed by atoms with Crippen LogP contribution in [0.3, 0.4) is 0 Å². The molecule has 3 saturated heterocycles. The van der Waals surface area contributed by atoms with Crippen LogP contribution >= 0.6 is 0 Å². The molecule has 5 rings (SSSR count). The Balaban J connectivity index is 0.000000162. The molecule has 2 aliphatic carbocycles. The van der Waals surface area contributed by atoms with E-state index in [1.165, 1.54) is 12.8 Å². The van der Waals surface area contributed by atoms with Crippen molar-refractivity contribution in [3.8, 4) is 0 Å². The standard InChI is InChI=1S/C10H16O4S.C9H17N3O/c1-9(2)7-3-4-10(9,8(11)5-7)6-15(12,13)14;1-6(13)11-8-7-2-4-12(5-3-7)9(8)10/h7H,3-6H2,1-2H3,(H,12,13,14);7-9H,2-5,10H2,1H3,(H,11,13)/t;8?,9-/m.0/s1. The third-order valence-corrected chi connectivity index (χ3v) is 8.67. The fourth-order valence-electron chi connectivity index (χ4n) is 5.94. The van der Waals surface area contributed by atoms with E-state index in [9.17, 15) is 18.0 Å². The third-order valence-electron chi connectivity index (χ3n) is 7.81. The molecule has 2 saturated carbocycles. The van der Waals surface area contributed by atoms with Crippen LogP contribution in [0.2, 0.25) is 0 Å². The van der Waals surface area contributed by atoms with Crippen LogP contribution in [0.4, 0.5) is 0 Å². The molecule has 160 valence electrons. The van der Waals surface area contributed by atoms with Gasteiger partial charge in [0.2, 0.25) is 5.91 Å². The Hall–Kier alpha value is -1.03. The molecule has 0 aromatic heterocycles. The van der Waals surface area contributed by atoms with Crippen LogP contribution in [0, 0.1) is 22.7 Å². The van der Waals surface area contributed by atoms with Gasteiger partial charge in [0.1, 0.15) is 5.78 Å². The van der Waals surface area contributed by atoms with Gasteiger partial charge >= 0.3 is 0 Å². The van der Waals surface area contributed by atoms with Gasteiger partial charge in [-0.3, -0.25) is 19.0 Å². The zero-order valence-electron chi connectivity index (χ0n) is 17.0. The highest BCUT2D eigenvalue weighted by atomic mass is 32.2. The van der Waals surface area contributed by atoms with Gasteiger partial charge in [-0.05, 0) is 42.9 Å². The summed E-state index contributed by atoms with van der Waals surface area (Å²) in [5, 5.41) is 2.96. The van der Waals surface area contributed by atoms with Gasteiger partial charge in [0.25, 0.3) is 10.1 Å². The van der Waals surface area contributed by atoms with Crippen molar-refractivity contribution in [2.45, 2.75) is 65.1 Å². The van der Waals surface area contributed by atoms with Crippen molar-refractivity contribution in [3.05, 3.63) is 0 Å². The number of ketones is 1. The summed E-state index contributed by atoms with van der Waals surface area (Å²) in [6.45, 7) is 7.65. The molecule has 3 aliphatic heterocycles. The maximum absolute atomic E-state index is 11.9. The Morgan fingerprint density at radius 1 is 1.29 bits per heavy atom. The first kappa shape index (κ1) is 21.7. The zero-order chi connectivity index (χ0) is 20.9. The molecule has 8 nitrogen and oxygen atoms in total. The fourth-order valence-corrected chi connectivity index (χ4v) is 7.24. The number of rotatable bonds is 3. The normalized spacial score (nSPS) is 40.8. The van der Waals surface area contributed by atoms with Crippen molar-refractivity contribution in [1.29, 1.82) is 0 Å². The van der Waals surface area contributed by atoms with Gasteiger partial charge in [-0.2, -0.15) is 8.42 Å². The van der Waals surface area contributed by atoms with E-state index in [1.54, 1.807) is 6.92 Å². The number of nitrogens with two attached hydrogens (primary N) is 1. The smallest absolute Gasteiger partial charge is 0.265 e. The van der Waals surface area contributed by atoms with Crippen LogP contribution in [0.15, 0.2) is 0 Å². The van der Waals surface area contributed by atoms with Crippen molar-refractivity contribution in [3.63, 3.8) is 0 Å². The number of Topliss-reactive ketones (excluding diaryl/α,β-unsaturated/α-hetero) is 1. The zero-order valence-corrected chi connectivity index (χ0v) is 17.8. The summed E-state index contributed by atoms with van der Waals surface area (Å²) in [5.41, 5.74) is 4.90. The molecule has 0 aromatic rings. The average molecular weight is 416 g/mol. The van der Waals surface area contributed by atoms with Crippen molar-refractivity contribution in [2.24, 2.45) is 28.4 Å². The van der Waals surface area contributed by atoms with Gasteiger partial charge in [-0.15, -0.1) is 0 Å². The highest BCUT2D eigenvalue weighted by Gasteiger charge is 2.65. The summed E-state index contributed by atoms with van der Waals surface area (Å²) in [7, 11) is -4.08. The van der Waals surface area contributed by atoms with Crippen LogP contribution < -0.4 is 11.1 Å². The quantitative estimate of drug-likeness (QED) is 0.581. The van der Waals surface area contributed by atoms with Crippen molar-refractivity contribution >= 4 is 21.8 Å². The van der Waals surface area contributed by atoms with Crippen LogP contribution in [0.25, 0.3) is 0 Å². The molecule has 1 amide bonds. The van der Waals surface area contributed by atoms with Gasteiger partial charge in [0.15, 0.2) is 0 Å². The summed E-state index contributed by atoms with van der Waals surface area (Å²) in [6, 6.07) is 0.181. The molecule has 4 N–H and O–H groups in total. The molecule has 0 radical (unpaired) electrons. The Bertz CT molecular complexity index is 743. The van der Waals surface area contributed by atoms with Gasteiger partial charge in [0, 0.05) is 26.4 Å². The number of amides is 1. The molecule has 5 fully saturated rings. The largest absolute Gasteiger partial charge is 0.350 e. The summed E-state index contributed by atoms with van der Waals surface area (Å²) >= 11 is 0. The second-order valence-electron chi connectivity index (χ2n) is 9.48. The lowest BCUT2D eigenvalue weighted by Gasteiger charge is -2.49. The number of hydrogen-bond donors (Lipinski definition) is 3. The van der Waals surface area contributed by atoms with Gasteiger partial charge in [-0.25, -0.2) is 0 Å². The lowest BCUT2D eigenvalue weighted by Crippen LogP contribution is -2.66. The number of carbonyl (C=O) groups is 2. The molecule has 4 bridgehead atoms. The molecule has 3 heterocycles. The third kappa shape index (κ3) is 3.74. The predicted molar refractivity (Wildman–Crippen MR) is 105 cm³/mol. The van der Waals surface area contributed by atoms with Crippen molar-refractivity contribution in [1.82, 2.24) is 10.2 Å². The monoisotopic (exact) mass is 415 g/mol. The number of piperidine rings is 3.